The van der Waals surface area contributed by atoms with Gasteiger partial charge in [0.05, 0.1) is 19.9 Å². The summed E-state index contributed by atoms with van der Waals surface area (Å²) < 4.78 is 10.5. The summed E-state index contributed by atoms with van der Waals surface area (Å²) >= 11 is 0. The maximum Gasteiger partial charge on any atom is 0.142 e. The van der Waals surface area contributed by atoms with Crippen LogP contribution in [0.3, 0.4) is 0 Å². The highest BCUT2D eigenvalue weighted by atomic mass is 16.5. The molecule has 0 unspecified atom stereocenters. The lowest BCUT2D eigenvalue weighted by Gasteiger charge is -2.21. The van der Waals surface area contributed by atoms with Crippen molar-refractivity contribution in [3.05, 3.63) is 18.2 Å². The van der Waals surface area contributed by atoms with Crippen LogP contribution in [0.25, 0.3) is 0 Å². The maximum absolute atomic E-state index is 5.29. The molecule has 1 aromatic rings. The van der Waals surface area contributed by atoms with Crippen LogP contribution in [0.5, 0.6) is 11.5 Å². The smallest absolute Gasteiger partial charge is 0.142 e. The zero-order valence-electron chi connectivity index (χ0n) is 10.8. The van der Waals surface area contributed by atoms with E-state index < -0.39 is 0 Å². The summed E-state index contributed by atoms with van der Waals surface area (Å²) in [6.07, 6.45) is 0. The maximum atomic E-state index is 5.29. The van der Waals surface area contributed by atoms with Crippen LogP contribution >= 0.6 is 0 Å². The first-order chi connectivity index (χ1) is 7.46. The highest BCUT2D eigenvalue weighted by Crippen LogP contribution is 2.29. The fourth-order valence-electron chi connectivity index (χ4n) is 1.31. The summed E-state index contributed by atoms with van der Waals surface area (Å²) in [5, 5.41) is 3.37. The quantitative estimate of drug-likeness (QED) is 0.850. The van der Waals surface area contributed by atoms with E-state index in [0.717, 1.165) is 23.7 Å². The molecule has 1 N–H and O–H groups in total. The van der Waals surface area contributed by atoms with Gasteiger partial charge in [-0.1, -0.05) is 20.8 Å². The van der Waals surface area contributed by atoms with E-state index in [4.69, 9.17) is 9.47 Å². The first-order valence-corrected chi connectivity index (χ1v) is 5.42. The van der Waals surface area contributed by atoms with Gasteiger partial charge in [-0.2, -0.15) is 0 Å². The molecule has 0 spiro atoms. The molecular formula is C13H21NO2. The van der Waals surface area contributed by atoms with Crippen LogP contribution in [0, 0.1) is 5.41 Å². The minimum Gasteiger partial charge on any atom is -0.497 e. The molecule has 90 valence electrons. The highest BCUT2D eigenvalue weighted by molar-refractivity contribution is 5.59. The molecule has 0 aliphatic rings. The Morgan fingerprint density at radius 3 is 2.31 bits per heavy atom. The largest absolute Gasteiger partial charge is 0.497 e. The monoisotopic (exact) mass is 223 g/mol. The first-order valence-electron chi connectivity index (χ1n) is 5.42. The Kier molecular flexibility index (Phi) is 4.05. The normalized spacial score (nSPS) is 11.1. The third-order valence-corrected chi connectivity index (χ3v) is 2.22. The number of ether oxygens (including phenoxy) is 2. The van der Waals surface area contributed by atoms with Gasteiger partial charge >= 0.3 is 0 Å². The van der Waals surface area contributed by atoms with Gasteiger partial charge in [0, 0.05) is 12.6 Å². The van der Waals surface area contributed by atoms with Gasteiger partial charge in [0.15, 0.2) is 0 Å². The fraction of sp³-hybridized carbons (Fsp3) is 0.538. The molecule has 0 fully saturated rings. The van der Waals surface area contributed by atoms with Crippen molar-refractivity contribution >= 4 is 5.69 Å². The van der Waals surface area contributed by atoms with Crippen LogP contribution in [-0.2, 0) is 0 Å². The number of rotatable bonds is 4. The van der Waals surface area contributed by atoms with Crippen LogP contribution in [0.1, 0.15) is 20.8 Å². The molecule has 16 heavy (non-hydrogen) atoms. The Labute approximate surface area is 97.8 Å². The molecule has 0 saturated heterocycles. The van der Waals surface area contributed by atoms with E-state index in [9.17, 15) is 0 Å². The molecule has 3 nitrogen and oxygen atoms in total. The summed E-state index contributed by atoms with van der Waals surface area (Å²) in [7, 11) is 3.33. The molecule has 0 bridgehead atoms. The summed E-state index contributed by atoms with van der Waals surface area (Å²) in [6.45, 7) is 7.45. The van der Waals surface area contributed by atoms with E-state index in [1.54, 1.807) is 14.2 Å². The van der Waals surface area contributed by atoms with Crippen molar-refractivity contribution in [1.29, 1.82) is 0 Å². The Bertz CT molecular complexity index is 342. The lowest BCUT2D eigenvalue weighted by Crippen LogP contribution is -2.19. The minimum atomic E-state index is 0.230. The molecule has 0 aliphatic carbocycles. The SMILES string of the molecule is COc1ccc(OC)c(NCC(C)(C)C)c1. The topological polar surface area (TPSA) is 30.5 Å². The van der Waals surface area contributed by atoms with Crippen LogP contribution in [0.2, 0.25) is 0 Å². The summed E-state index contributed by atoms with van der Waals surface area (Å²) in [6, 6.07) is 5.75. The minimum absolute atomic E-state index is 0.230. The van der Waals surface area contributed by atoms with Crippen molar-refractivity contribution in [2.45, 2.75) is 20.8 Å². The van der Waals surface area contributed by atoms with Crippen molar-refractivity contribution in [3.8, 4) is 11.5 Å². The Morgan fingerprint density at radius 1 is 1.12 bits per heavy atom. The average Bonchev–Trinajstić information content (AvgIpc) is 2.25. The molecule has 3 heteroatoms. The molecule has 0 aromatic heterocycles. The van der Waals surface area contributed by atoms with E-state index in [-0.39, 0.29) is 5.41 Å². The van der Waals surface area contributed by atoms with E-state index in [0.29, 0.717) is 0 Å². The van der Waals surface area contributed by atoms with Gasteiger partial charge in [0.25, 0.3) is 0 Å². The number of anilines is 1. The van der Waals surface area contributed by atoms with E-state index in [1.165, 1.54) is 0 Å². The number of hydrogen-bond donors (Lipinski definition) is 1. The molecule has 0 saturated carbocycles. The zero-order valence-corrected chi connectivity index (χ0v) is 10.8. The molecule has 1 rings (SSSR count). The van der Waals surface area contributed by atoms with Gasteiger partial charge in [-0.3, -0.25) is 0 Å². The molecule has 0 heterocycles. The predicted octanol–water partition coefficient (Wildman–Crippen LogP) is 3.16. The van der Waals surface area contributed by atoms with Crippen LogP contribution < -0.4 is 14.8 Å². The van der Waals surface area contributed by atoms with Gasteiger partial charge < -0.3 is 14.8 Å². The molecule has 1 aromatic carbocycles. The second kappa shape index (κ2) is 5.10. The van der Waals surface area contributed by atoms with Crippen molar-refractivity contribution in [3.63, 3.8) is 0 Å². The summed E-state index contributed by atoms with van der Waals surface area (Å²) in [4.78, 5) is 0. The van der Waals surface area contributed by atoms with Crippen LogP contribution in [0.15, 0.2) is 18.2 Å². The predicted molar refractivity (Wildman–Crippen MR) is 67.5 cm³/mol. The van der Waals surface area contributed by atoms with Gasteiger partial charge in [0.2, 0.25) is 0 Å². The van der Waals surface area contributed by atoms with Gasteiger partial charge in [-0.05, 0) is 17.5 Å². The molecule has 0 atom stereocenters. The lowest BCUT2D eigenvalue weighted by atomic mass is 9.97. The standard InChI is InChI=1S/C13H21NO2/c1-13(2,3)9-14-11-8-10(15-4)6-7-12(11)16-5/h6-8,14H,9H2,1-5H3. The third-order valence-electron chi connectivity index (χ3n) is 2.22. The van der Waals surface area contributed by atoms with Gasteiger partial charge in [0.1, 0.15) is 11.5 Å². The van der Waals surface area contributed by atoms with Crippen LogP contribution in [0.4, 0.5) is 5.69 Å². The molecule has 0 radical (unpaired) electrons. The van der Waals surface area contributed by atoms with Gasteiger partial charge in [-0.15, -0.1) is 0 Å². The highest BCUT2D eigenvalue weighted by Gasteiger charge is 2.11. The molecule has 0 aliphatic heterocycles. The number of hydrogen-bond acceptors (Lipinski definition) is 3. The first kappa shape index (κ1) is 12.7. The summed E-state index contributed by atoms with van der Waals surface area (Å²) in [5.74, 6) is 1.67. The Hall–Kier alpha value is -1.38. The van der Waals surface area contributed by atoms with Crippen molar-refractivity contribution in [2.24, 2.45) is 5.41 Å². The number of nitrogens with one attached hydrogen (secondary N) is 1. The Balaban J connectivity index is 2.83. The Morgan fingerprint density at radius 2 is 1.81 bits per heavy atom. The fourth-order valence-corrected chi connectivity index (χ4v) is 1.31. The zero-order chi connectivity index (χ0) is 12.2. The van der Waals surface area contributed by atoms with E-state index in [2.05, 4.69) is 26.1 Å². The summed E-state index contributed by atoms with van der Waals surface area (Å²) in [5.41, 5.74) is 1.20. The van der Waals surface area contributed by atoms with Gasteiger partial charge in [-0.25, -0.2) is 0 Å². The number of methoxy groups -OCH3 is 2. The van der Waals surface area contributed by atoms with Crippen molar-refractivity contribution < 1.29 is 9.47 Å². The van der Waals surface area contributed by atoms with E-state index in [1.807, 2.05) is 18.2 Å². The van der Waals surface area contributed by atoms with E-state index >= 15 is 0 Å². The second-order valence-electron chi connectivity index (χ2n) is 4.98. The van der Waals surface area contributed by atoms with Crippen molar-refractivity contribution in [2.75, 3.05) is 26.1 Å². The lowest BCUT2D eigenvalue weighted by molar-refractivity contribution is 0.402. The number of benzene rings is 1. The second-order valence-corrected chi connectivity index (χ2v) is 4.98. The van der Waals surface area contributed by atoms with Crippen molar-refractivity contribution in [1.82, 2.24) is 0 Å². The average molecular weight is 223 g/mol. The molecule has 0 amide bonds. The van der Waals surface area contributed by atoms with Crippen LogP contribution in [-0.4, -0.2) is 20.8 Å². The molecular weight excluding hydrogens is 202 g/mol. The third kappa shape index (κ3) is 3.65.